The number of carboxylic acid groups (broad SMARTS) is 1. The molecule has 1 atom stereocenters. The van der Waals surface area contributed by atoms with Gasteiger partial charge in [-0.15, -0.1) is 23.1 Å². The summed E-state index contributed by atoms with van der Waals surface area (Å²) in [4.78, 5) is 12.2. The summed E-state index contributed by atoms with van der Waals surface area (Å²) in [6, 6.07) is 17.1. The summed E-state index contributed by atoms with van der Waals surface area (Å²) in [5, 5.41) is 17.8. The van der Waals surface area contributed by atoms with Crippen molar-refractivity contribution in [3.8, 4) is 5.69 Å². The van der Waals surface area contributed by atoms with E-state index >= 15 is 0 Å². The number of aliphatic carboxylic acids is 1. The maximum Gasteiger partial charge on any atom is 0.416 e. The maximum atomic E-state index is 12.9. The SMILES string of the molecule is CC(Cc1cccc2cn(-c3ccc(C(F)(F)F)cc3)nc12)Sc1ccc2c(CC(=O)O)csc2c1. The van der Waals surface area contributed by atoms with Crippen LogP contribution in [0.1, 0.15) is 23.6 Å². The molecule has 9 heteroatoms. The number of fused-ring (bicyclic) bond motifs is 2. The van der Waals surface area contributed by atoms with E-state index in [1.54, 1.807) is 27.8 Å². The number of alkyl halides is 3. The number of nitrogens with zero attached hydrogens (tertiary/aromatic N) is 2. The van der Waals surface area contributed by atoms with Crippen LogP contribution in [-0.4, -0.2) is 26.1 Å². The summed E-state index contributed by atoms with van der Waals surface area (Å²) >= 11 is 3.30. The van der Waals surface area contributed by atoms with Crippen LogP contribution in [0.15, 0.2) is 77.1 Å². The van der Waals surface area contributed by atoms with Gasteiger partial charge in [0.25, 0.3) is 0 Å². The van der Waals surface area contributed by atoms with Crippen molar-refractivity contribution in [3.63, 3.8) is 0 Å². The predicted molar refractivity (Wildman–Crippen MR) is 138 cm³/mol. The van der Waals surface area contributed by atoms with E-state index < -0.39 is 17.7 Å². The van der Waals surface area contributed by atoms with Gasteiger partial charge in [-0.25, -0.2) is 4.68 Å². The van der Waals surface area contributed by atoms with Crippen molar-refractivity contribution in [2.75, 3.05) is 0 Å². The molecule has 0 bridgehead atoms. The zero-order valence-corrected chi connectivity index (χ0v) is 20.8. The highest BCUT2D eigenvalue weighted by atomic mass is 32.2. The Labute approximate surface area is 213 Å². The molecule has 0 aliphatic heterocycles. The van der Waals surface area contributed by atoms with Gasteiger partial charge in [0.1, 0.15) is 0 Å². The third kappa shape index (κ3) is 5.12. The van der Waals surface area contributed by atoms with Crippen molar-refractivity contribution in [2.24, 2.45) is 0 Å². The van der Waals surface area contributed by atoms with Crippen LogP contribution in [0.5, 0.6) is 0 Å². The zero-order valence-electron chi connectivity index (χ0n) is 19.1. The maximum absolute atomic E-state index is 12.9. The Morgan fingerprint density at radius 1 is 1.11 bits per heavy atom. The minimum absolute atomic E-state index is 0.0199. The first-order chi connectivity index (χ1) is 17.2. The van der Waals surface area contributed by atoms with Crippen molar-refractivity contribution in [3.05, 3.63) is 88.9 Å². The van der Waals surface area contributed by atoms with E-state index in [4.69, 9.17) is 5.11 Å². The van der Waals surface area contributed by atoms with Crippen LogP contribution >= 0.6 is 23.1 Å². The normalized spacial score (nSPS) is 12.9. The first-order valence-electron chi connectivity index (χ1n) is 11.2. The number of hydrogen-bond donors (Lipinski definition) is 1. The second kappa shape index (κ2) is 9.63. The fourth-order valence-electron chi connectivity index (χ4n) is 4.23. The van der Waals surface area contributed by atoms with Gasteiger partial charge in [0.15, 0.2) is 0 Å². The van der Waals surface area contributed by atoms with E-state index in [0.29, 0.717) is 5.69 Å². The van der Waals surface area contributed by atoms with Crippen molar-refractivity contribution < 1.29 is 23.1 Å². The van der Waals surface area contributed by atoms with Gasteiger partial charge in [-0.2, -0.15) is 18.3 Å². The number of benzene rings is 3. The van der Waals surface area contributed by atoms with Crippen molar-refractivity contribution >= 4 is 50.1 Å². The lowest BCUT2D eigenvalue weighted by atomic mass is 10.1. The highest BCUT2D eigenvalue weighted by molar-refractivity contribution is 8.00. The summed E-state index contributed by atoms with van der Waals surface area (Å²) in [5.74, 6) is -0.836. The van der Waals surface area contributed by atoms with Crippen molar-refractivity contribution in [2.45, 2.75) is 36.1 Å². The number of halogens is 3. The monoisotopic (exact) mass is 526 g/mol. The van der Waals surface area contributed by atoms with Gasteiger partial charge in [-0.1, -0.05) is 31.2 Å². The van der Waals surface area contributed by atoms with E-state index in [1.807, 2.05) is 41.9 Å². The lowest BCUT2D eigenvalue weighted by Gasteiger charge is -2.12. The zero-order chi connectivity index (χ0) is 25.4. The molecule has 184 valence electrons. The molecule has 0 spiro atoms. The van der Waals surface area contributed by atoms with Crippen LogP contribution in [0.3, 0.4) is 0 Å². The first kappa shape index (κ1) is 24.4. The van der Waals surface area contributed by atoms with Crippen LogP contribution < -0.4 is 0 Å². The number of thiophene rings is 1. The molecule has 2 aromatic heterocycles. The van der Waals surface area contributed by atoms with Gasteiger partial charge in [0.05, 0.1) is 23.2 Å². The van der Waals surface area contributed by atoms with Crippen LogP contribution in [-0.2, 0) is 23.8 Å². The fraction of sp³-hybridized carbons (Fsp3) is 0.185. The van der Waals surface area contributed by atoms with Gasteiger partial charge >= 0.3 is 12.1 Å². The van der Waals surface area contributed by atoms with Crippen molar-refractivity contribution in [1.29, 1.82) is 0 Å². The molecular formula is C27H21F3N2O2S2. The number of carbonyl (C=O) groups is 1. The highest BCUT2D eigenvalue weighted by Gasteiger charge is 2.30. The van der Waals surface area contributed by atoms with Gasteiger partial charge in [0.2, 0.25) is 0 Å². The molecule has 0 saturated heterocycles. The van der Waals surface area contributed by atoms with E-state index in [1.165, 1.54) is 12.1 Å². The van der Waals surface area contributed by atoms with Crippen LogP contribution in [0.25, 0.3) is 26.7 Å². The average Bonchev–Trinajstić information content (AvgIpc) is 3.43. The van der Waals surface area contributed by atoms with E-state index in [0.717, 1.165) is 55.6 Å². The Morgan fingerprint density at radius 2 is 1.89 bits per heavy atom. The van der Waals surface area contributed by atoms with Gasteiger partial charge in [-0.3, -0.25) is 4.79 Å². The topological polar surface area (TPSA) is 55.1 Å². The number of thioether (sulfide) groups is 1. The molecule has 2 heterocycles. The Hall–Kier alpha value is -3.30. The number of rotatable bonds is 7. The smallest absolute Gasteiger partial charge is 0.416 e. The highest BCUT2D eigenvalue weighted by Crippen LogP contribution is 2.34. The molecule has 0 fully saturated rings. The Bertz CT molecular complexity index is 1560. The van der Waals surface area contributed by atoms with E-state index in [2.05, 4.69) is 18.1 Å². The van der Waals surface area contributed by atoms with Crippen LogP contribution in [0.4, 0.5) is 13.2 Å². The first-order valence-corrected chi connectivity index (χ1v) is 13.0. The Morgan fingerprint density at radius 3 is 2.61 bits per heavy atom. The lowest BCUT2D eigenvalue weighted by molar-refractivity contribution is -0.138. The summed E-state index contributed by atoms with van der Waals surface area (Å²) in [7, 11) is 0. The number of carboxylic acids is 1. The van der Waals surface area contributed by atoms with E-state index in [-0.39, 0.29) is 11.7 Å². The molecule has 0 aliphatic rings. The third-order valence-corrected chi connectivity index (χ3v) is 7.98. The molecule has 5 rings (SSSR count). The minimum Gasteiger partial charge on any atom is -0.481 e. The lowest BCUT2D eigenvalue weighted by Crippen LogP contribution is -2.05. The Kier molecular flexibility index (Phi) is 6.53. The standard InChI is InChI=1S/C27H21F3N2O2S2/c1-16(36-22-9-10-23-19(12-25(33)34)15-35-24(23)13-22)11-17-3-2-4-18-14-32(31-26(17)18)21-7-5-20(6-8-21)27(28,29)30/h2-10,13-16H,11-12H2,1H3,(H,33,34). The van der Waals surface area contributed by atoms with Gasteiger partial charge < -0.3 is 5.11 Å². The molecule has 5 aromatic rings. The van der Waals surface area contributed by atoms with Crippen LogP contribution in [0, 0.1) is 0 Å². The molecule has 4 nitrogen and oxygen atoms in total. The number of hydrogen-bond acceptors (Lipinski definition) is 4. The molecule has 0 amide bonds. The molecular weight excluding hydrogens is 505 g/mol. The summed E-state index contributed by atoms with van der Waals surface area (Å²) in [6.07, 6.45) is -1.76. The molecule has 0 aliphatic carbocycles. The molecule has 1 N–H and O–H groups in total. The Balaban J connectivity index is 1.34. The third-order valence-electron chi connectivity index (χ3n) is 5.89. The molecule has 0 saturated carbocycles. The second-order valence-corrected chi connectivity index (χ2v) is 11.0. The molecule has 0 radical (unpaired) electrons. The van der Waals surface area contributed by atoms with Gasteiger partial charge in [-0.05, 0) is 64.7 Å². The number of aromatic nitrogens is 2. The van der Waals surface area contributed by atoms with E-state index in [9.17, 15) is 18.0 Å². The second-order valence-electron chi connectivity index (χ2n) is 8.60. The summed E-state index contributed by atoms with van der Waals surface area (Å²) < 4.78 is 41.4. The minimum atomic E-state index is -4.37. The summed E-state index contributed by atoms with van der Waals surface area (Å²) in [5.41, 5.74) is 2.62. The average molecular weight is 527 g/mol. The van der Waals surface area contributed by atoms with Crippen LogP contribution in [0.2, 0.25) is 0 Å². The van der Waals surface area contributed by atoms with Gasteiger partial charge in [0, 0.05) is 26.4 Å². The molecule has 1 unspecified atom stereocenters. The molecule has 36 heavy (non-hydrogen) atoms. The fourth-order valence-corrected chi connectivity index (χ4v) is 6.36. The summed E-state index contributed by atoms with van der Waals surface area (Å²) in [6.45, 7) is 2.14. The predicted octanol–water partition coefficient (Wildman–Crippen LogP) is 7.61. The largest absolute Gasteiger partial charge is 0.481 e. The quantitative estimate of drug-likeness (QED) is 0.222. The van der Waals surface area contributed by atoms with Crippen molar-refractivity contribution in [1.82, 2.24) is 9.78 Å². The molecule has 3 aromatic carbocycles.